The number of Topliss-reactive ketones (excluding diaryl/α,β-unsaturated/α-hetero) is 2. The van der Waals surface area contributed by atoms with Crippen molar-refractivity contribution in [3.05, 3.63) is 0 Å². The van der Waals surface area contributed by atoms with Crippen molar-refractivity contribution in [1.29, 1.82) is 0 Å². The van der Waals surface area contributed by atoms with E-state index in [9.17, 15) is 19.2 Å². The van der Waals surface area contributed by atoms with Gasteiger partial charge in [-0.1, -0.05) is 13.8 Å². The standard InChI is InChI=1S/C25H36O6/c1-5-18-21(28)11-20-17-7-6-16-10-23(31-15(3)27)22(29)12-25(16,13-30-14(2)26)19(17)8-9-24(18,20)4/h16-20,23H,5-13H2,1-4H3. The number of ether oxygens (including phenoxy) is 2. The van der Waals surface area contributed by atoms with Gasteiger partial charge in [0.1, 0.15) is 5.78 Å². The fourth-order valence-corrected chi connectivity index (χ4v) is 8.26. The molecule has 4 saturated carbocycles. The van der Waals surface area contributed by atoms with E-state index < -0.39 is 17.5 Å². The van der Waals surface area contributed by atoms with E-state index >= 15 is 0 Å². The highest BCUT2D eigenvalue weighted by Crippen LogP contribution is 2.67. The minimum absolute atomic E-state index is 0.0431. The number of esters is 2. The lowest BCUT2D eigenvalue weighted by atomic mass is 9.44. The summed E-state index contributed by atoms with van der Waals surface area (Å²) in [5, 5.41) is 0. The monoisotopic (exact) mass is 432 g/mol. The molecular formula is C25H36O6. The maximum atomic E-state index is 13.1. The molecule has 0 heterocycles. The molecule has 31 heavy (non-hydrogen) atoms. The van der Waals surface area contributed by atoms with E-state index in [0.29, 0.717) is 36.9 Å². The minimum atomic E-state index is -0.684. The third kappa shape index (κ3) is 3.54. The lowest BCUT2D eigenvalue weighted by molar-refractivity contribution is -0.185. The fourth-order valence-electron chi connectivity index (χ4n) is 8.26. The number of ketones is 2. The van der Waals surface area contributed by atoms with Gasteiger partial charge in [0.05, 0.1) is 6.61 Å². The Morgan fingerprint density at radius 3 is 2.42 bits per heavy atom. The molecule has 0 saturated heterocycles. The quantitative estimate of drug-likeness (QED) is 0.627. The molecule has 6 heteroatoms. The van der Waals surface area contributed by atoms with Gasteiger partial charge in [0.2, 0.25) is 0 Å². The summed E-state index contributed by atoms with van der Waals surface area (Å²) in [5.74, 6) is 0.901. The van der Waals surface area contributed by atoms with Crippen molar-refractivity contribution in [3.63, 3.8) is 0 Å². The molecule has 4 rings (SSSR count). The Labute approximate surface area is 184 Å². The van der Waals surface area contributed by atoms with Gasteiger partial charge in [-0.2, -0.15) is 0 Å². The SMILES string of the molecule is CCC1C(=O)CC2C3CCC4CC(OC(C)=O)C(=O)CC4(COC(C)=O)C3CCC12C. The Morgan fingerprint density at radius 2 is 1.77 bits per heavy atom. The normalized spacial score (nSPS) is 44.1. The first-order chi connectivity index (χ1) is 14.6. The van der Waals surface area contributed by atoms with E-state index in [1.807, 2.05) is 0 Å². The summed E-state index contributed by atoms with van der Waals surface area (Å²) in [6.07, 6.45) is 5.56. The summed E-state index contributed by atoms with van der Waals surface area (Å²) in [6.45, 7) is 7.43. The molecule has 4 fully saturated rings. The smallest absolute Gasteiger partial charge is 0.303 e. The number of fused-ring (bicyclic) bond motifs is 5. The fraction of sp³-hybridized carbons (Fsp3) is 0.840. The topological polar surface area (TPSA) is 86.7 Å². The first-order valence-electron chi connectivity index (χ1n) is 12.0. The Hall–Kier alpha value is -1.72. The average Bonchev–Trinajstić information content (AvgIpc) is 2.96. The van der Waals surface area contributed by atoms with E-state index in [0.717, 1.165) is 32.1 Å². The summed E-state index contributed by atoms with van der Waals surface area (Å²) in [7, 11) is 0. The third-order valence-corrected chi connectivity index (χ3v) is 9.50. The van der Waals surface area contributed by atoms with Crippen LogP contribution in [0.25, 0.3) is 0 Å². The molecule has 4 aliphatic rings. The van der Waals surface area contributed by atoms with Crippen LogP contribution in [0.4, 0.5) is 0 Å². The molecule has 172 valence electrons. The Kier molecular flexibility index (Phi) is 5.80. The molecule has 8 unspecified atom stereocenters. The van der Waals surface area contributed by atoms with Crippen molar-refractivity contribution in [2.75, 3.05) is 6.61 Å². The highest BCUT2D eigenvalue weighted by Gasteiger charge is 2.64. The van der Waals surface area contributed by atoms with Gasteiger partial charge in [-0.15, -0.1) is 0 Å². The highest BCUT2D eigenvalue weighted by atomic mass is 16.5. The lowest BCUT2D eigenvalue weighted by Gasteiger charge is -2.61. The third-order valence-electron chi connectivity index (χ3n) is 9.50. The minimum Gasteiger partial charge on any atom is -0.465 e. The molecule has 0 amide bonds. The van der Waals surface area contributed by atoms with Crippen LogP contribution in [0.1, 0.15) is 79.1 Å². The number of hydrogen-bond acceptors (Lipinski definition) is 6. The van der Waals surface area contributed by atoms with Gasteiger partial charge in [0.15, 0.2) is 11.9 Å². The number of carbonyl (C=O) groups excluding carboxylic acids is 4. The van der Waals surface area contributed by atoms with Crippen molar-refractivity contribution in [3.8, 4) is 0 Å². The van der Waals surface area contributed by atoms with Crippen molar-refractivity contribution >= 4 is 23.5 Å². The molecule has 6 nitrogen and oxygen atoms in total. The van der Waals surface area contributed by atoms with Crippen LogP contribution >= 0.6 is 0 Å². The molecular weight excluding hydrogens is 396 g/mol. The largest absolute Gasteiger partial charge is 0.465 e. The van der Waals surface area contributed by atoms with Crippen molar-refractivity contribution in [1.82, 2.24) is 0 Å². The second kappa shape index (κ2) is 8.00. The molecule has 0 N–H and O–H groups in total. The van der Waals surface area contributed by atoms with Crippen LogP contribution in [0, 0.1) is 40.4 Å². The predicted octanol–water partition coefficient (Wildman–Crippen LogP) is 3.89. The van der Waals surface area contributed by atoms with E-state index in [1.165, 1.54) is 13.8 Å². The molecule has 4 aliphatic carbocycles. The van der Waals surface area contributed by atoms with Crippen LogP contribution in [0.2, 0.25) is 0 Å². The van der Waals surface area contributed by atoms with Gasteiger partial charge in [0.25, 0.3) is 0 Å². The highest BCUT2D eigenvalue weighted by molar-refractivity contribution is 5.87. The van der Waals surface area contributed by atoms with Crippen LogP contribution in [-0.2, 0) is 28.7 Å². The van der Waals surface area contributed by atoms with Crippen LogP contribution in [0.5, 0.6) is 0 Å². The average molecular weight is 433 g/mol. The zero-order valence-corrected chi connectivity index (χ0v) is 19.3. The number of rotatable bonds is 4. The summed E-state index contributed by atoms with van der Waals surface area (Å²) < 4.78 is 10.9. The second-order valence-corrected chi connectivity index (χ2v) is 10.8. The van der Waals surface area contributed by atoms with Crippen LogP contribution in [0.3, 0.4) is 0 Å². The summed E-state index contributed by atoms with van der Waals surface area (Å²) >= 11 is 0. The van der Waals surface area contributed by atoms with Crippen molar-refractivity contribution in [2.45, 2.75) is 85.2 Å². The summed E-state index contributed by atoms with van der Waals surface area (Å²) in [5.41, 5.74) is -0.363. The van der Waals surface area contributed by atoms with Gasteiger partial charge in [-0.3, -0.25) is 19.2 Å². The molecule has 0 aliphatic heterocycles. The van der Waals surface area contributed by atoms with Gasteiger partial charge in [0, 0.05) is 38.0 Å². The van der Waals surface area contributed by atoms with E-state index in [-0.39, 0.29) is 41.5 Å². The molecule has 0 spiro atoms. The van der Waals surface area contributed by atoms with E-state index in [4.69, 9.17) is 9.47 Å². The maximum absolute atomic E-state index is 13.1. The zero-order valence-electron chi connectivity index (χ0n) is 19.3. The van der Waals surface area contributed by atoms with Crippen molar-refractivity contribution < 1.29 is 28.7 Å². The molecule has 0 aromatic heterocycles. The van der Waals surface area contributed by atoms with Gasteiger partial charge in [-0.05, 0) is 67.6 Å². The maximum Gasteiger partial charge on any atom is 0.303 e. The number of hydrogen-bond donors (Lipinski definition) is 0. The zero-order chi connectivity index (χ0) is 22.6. The first-order valence-corrected chi connectivity index (χ1v) is 12.0. The molecule has 0 aromatic carbocycles. The van der Waals surface area contributed by atoms with Gasteiger partial charge >= 0.3 is 11.9 Å². The van der Waals surface area contributed by atoms with Gasteiger partial charge < -0.3 is 9.47 Å². The molecule has 8 atom stereocenters. The van der Waals surface area contributed by atoms with E-state index in [2.05, 4.69) is 13.8 Å². The van der Waals surface area contributed by atoms with E-state index in [1.54, 1.807) is 0 Å². The Balaban J connectivity index is 1.66. The molecule has 0 bridgehead atoms. The predicted molar refractivity (Wildman–Crippen MR) is 113 cm³/mol. The Morgan fingerprint density at radius 1 is 1.03 bits per heavy atom. The van der Waals surface area contributed by atoms with Gasteiger partial charge in [-0.25, -0.2) is 0 Å². The Bertz CT molecular complexity index is 789. The number of carbonyl (C=O) groups is 4. The van der Waals surface area contributed by atoms with Crippen LogP contribution in [0.15, 0.2) is 0 Å². The summed E-state index contributed by atoms with van der Waals surface area (Å²) in [4.78, 5) is 49.2. The van der Waals surface area contributed by atoms with Crippen LogP contribution in [-0.4, -0.2) is 36.2 Å². The molecule has 0 aromatic rings. The molecule has 0 radical (unpaired) electrons. The lowest BCUT2D eigenvalue weighted by Crippen LogP contribution is -2.59. The first kappa shape index (κ1) is 22.5. The second-order valence-electron chi connectivity index (χ2n) is 10.8. The van der Waals surface area contributed by atoms with Crippen LogP contribution < -0.4 is 0 Å². The summed E-state index contributed by atoms with van der Waals surface area (Å²) in [6, 6.07) is 0. The van der Waals surface area contributed by atoms with Crippen molar-refractivity contribution in [2.24, 2.45) is 40.4 Å².